The predicted molar refractivity (Wildman–Crippen MR) is 72.0 cm³/mol. The molecule has 0 radical (unpaired) electrons. The molecule has 90 valence electrons. The van der Waals surface area contributed by atoms with Gasteiger partial charge in [-0.25, -0.2) is 5.43 Å². The summed E-state index contributed by atoms with van der Waals surface area (Å²) in [5.74, 6) is 5.57. The first-order chi connectivity index (χ1) is 8.15. The molecular weight excluding hydrogens is 327 g/mol. The highest BCUT2D eigenvalue weighted by Crippen LogP contribution is 2.35. The van der Waals surface area contributed by atoms with Gasteiger partial charge in [0.2, 0.25) is 0 Å². The quantitative estimate of drug-likeness (QED) is 0.660. The van der Waals surface area contributed by atoms with Crippen LogP contribution in [0.2, 0.25) is 10.0 Å². The fraction of sp³-hybridized carbons (Fsp3) is 0.0909. The van der Waals surface area contributed by atoms with Crippen molar-refractivity contribution in [1.82, 2.24) is 5.43 Å². The second-order valence-corrected chi connectivity index (χ2v) is 4.90. The lowest BCUT2D eigenvalue weighted by Crippen LogP contribution is -2.29. The van der Waals surface area contributed by atoms with Gasteiger partial charge in [-0.2, -0.15) is 0 Å². The van der Waals surface area contributed by atoms with Crippen molar-refractivity contribution in [2.75, 3.05) is 0 Å². The Morgan fingerprint density at radius 3 is 2.59 bits per heavy atom. The molecule has 1 heterocycles. The Morgan fingerprint density at radius 2 is 2.00 bits per heavy atom. The van der Waals surface area contributed by atoms with Crippen molar-refractivity contribution in [3.8, 4) is 0 Å². The van der Waals surface area contributed by atoms with Gasteiger partial charge < -0.3 is 4.42 Å². The summed E-state index contributed by atoms with van der Waals surface area (Å²) in [6.07, 6.45) is 1.57. The lowest BCUT2D eigenvalue weighted by molar-refractivity contribution is 0.527. The Kier molecular flexibility index (Phi) is 4.12. The smallest absolute Gasteiger partial charge is 0.174 e. The summed E-state index contributed by atoms with van der Waals surface area (Å²) < 4.78 is 5.79. The second-order valence-electron chi connectivity index (χ2n) is 3.39. The first-order valence-electron chi connectivity index (χ1n) is 4.78. The average molecular weight is 336 g/mol. The number of hydrogen-bond donors (Lipinski definition) is 2. The van der Waals surface area contributed by atoms with Crippen molar-refractivity contribution in [3.63, 3.8) is 0 Å². The van der Waals surface area contributed by atoms with Crippen molar-refractivity contribution in [2.45, 2.75) is 6.04 Å². The molecule has 0 bridgehead atoms. The first-order valence-corrected chi connectivity index (χ1v) is 6.33. The van der Waals surface area contributed by atoms with E-state index in [4.69, 9.17) is 33.5 Å². The van der Waals surface area contributed by atoms with Gasteiger partial charge in [0.25, 0.3) is 0 Å². The largest absolute Gasteiger partial charge is 0.457 e. The van der Waals surface area contributed by atoms with Crippen molar-refractivity contribution >= 4 is 39.1 Å². The van der Waals surface area contributed by atoms with E-state index in [1.165, 1.54) is 0 Å². The molecule has 0 amide bonds. The van der Waals surface area contributed by atoms with Gasteiger partial charge in [0, 0.05) is 5.56 Å². The maximum atomic E-state index is 6.16. The van der Waals surface area contributed by atoms with Crippen molar-refractivity contribution in [3.05, 3.63) is 56.4 Å². The van der Waals surface area contributed by atoms with Crippen LogP contribution in [0.15, 0.2) is 39.6 Å². The summed E-state index contributed by atoms with van der Waals surface area (Å²) in [6, 6.07) is 6.94. The Bertz CT molecular complexity index is 530. The third-order valence-electron chi connectivity index (χ3n) is 2.42. The minimum Gasteiger partial charge on any atom is -0.457 e. The van der Waals surface area contributed by atoms with E-state index in [2.05, 4.69) is 21.4 Å². The maximum absolute atomic E-state index is 6.16. The molecular formula is C11H9BrCl2N2O. The highest BCUT2D eigenvalue weighted by molar-refractivity contribution is 9.10. The molecule has 17 heavy (non-hydrogen) atoms. The molecule has 0 saturated carbocycles. The fourth-order valence-corrected chi connectivity index (χ4v) is 2.49. The Balaban J connectivity index is 2.50. The number of hydrogen-bond acceptors (Lipinski definition) is 3. The van der Waals surface area contributed by atoms with Gasteiger partial charge in [0.05, 0.1) is 22.4 Å². The van der Waals surface area contributed by atoms with Gasteiger partial charge in [-0.05, 0) is 33.6 Å². The summed E-state index contributed by atoms with van der Waals surface area (Å²) in [5, 5.41) is 0.967. The molecule has 0 aliphatic carbocycles. The third kappa shape index (κ3) is 2.51. The zero-order chi connectivity index (χ0) is 12.4. The third-order valence-corrected chi connectivity index (χ3v) is 3.89. The Hall–Kier alpha value is -0.520. The Labute approximate surface area is 117 Å². The highest BCUT2D eigenvalue weighted by atomic mass is 79.9. The zero-order valence-electron chi connectivity index (χ0n) is 8.58. The van der Waals surface area contributed by atoms with Gasteiger partial charge in [-0.3, -0.25) is 5.84 Å². The molecule has 0 aliphatic heterocycles. The normalized spacial score (nSPS) is 12.7. The monoisotopic (exact) mass is 334 g/mol. The molecule has 3 nitrogen and oxygen atoms in total. The molecule has 1 aromatic carbocycles. The van der Waals surface area contributed by atoms with E-state index in [-0.39, 0.29) is 6.04 Å². The average Bonchev–Trinajstić information content (AvgIpc) is 2.72. The van der Waals surface area contributed by atoms with E-state index in [0.29, 0.717) is 14.7 Å². The van der Waals surface area contributed by atoms with Crippen LogP contribution in [0.1, 0.15) is 17.2 Å². The van der Waals surface area contributed by atoms with Crippen LogP contribution >= 0.6 is 39.1 Å². The van der Waals surface area contributed by atoms with Crippen molar-refractivity contribution < 1.29 is 4.42 Å². The van der Waals surface area contributed by atoms with Crippen LogP contribution in [0, 0.1) is 0 Å². The van der Waals surface area contributed by atoms with Crippen LogP contribution in [0.25, 0.3) is 0 Å². The minimum atomic E-state index is -0.283. The van der Waals surface area contributed by atoms with Crippen LogP contribution in [0.4, 0.5) is 0 Å². The summed E-state index contributed by atoms with van der Waals surface area (Å²) in [4.78, 5) is 0. The standard InChI is InChI=1S/C11H9BrCl2N2O/c12-11-7(4-5-17-11)10(16-15)6-2-1-3-8(13)9(6)14/h1-5,10,16H,15H2. The lowest BCUT2D eigenvalue weighted by atomic mass is 10.0. The van der Waals surface area contributed by atoms with Gasteiger partial charge in [0.1, 0.15) is 0 Å². The summed E-state index contributed by atoms with van der Waals surface area (Å²) in [6.45, 7) is 0. The van der Waals surface area contributed by atoms with Crippen molar-refractivity contribution in [2.24, 2.45) is 5.84 Å². The zero-order valence-corrected chi connectivity index (χ0v) is 11.7. The molecule has 3 N–H and O–H groups in total. The van der Waals surface area contributed by atoms with E-state index in [9.17, 15) is 0 Å². The summed E-state index contributed by atoms with van der Waals surface area (Å²) >= 11 is 15.5. The molecule has 1 aromatic heterocycles. The molecule has 0 fully saturated rings. The van der Waals surface area contributed by atoms with Crippen LogP contribution < -0.4 is 11.3 Å². The van der Waals surface area contributed by atoms with Gasteiger partial charge in [-0.15, -0.1) is 0 Å². The molecule has 0 saturated heterocycles. The molecule has 1 unspecified atom stereocenters. The molecule has 2 rings (SSSR count). The van der Waals surface area contributed by atoms with E-state index in [0.717, 1.165) is 11.1 Å². The number of nitrogens with one attached hydrogen (secondary N) is 1. The van der Waals surface area contributed by atoms with Gasteiger partial charge in [-0.1, -0.05) is 35.3 Å². The topological polar surface area (TPSA) is 51.2 Å². The van der Waals surface area contributed by atoms with Gasteiger partial charge >= 0.3 is 0 Å². The molecule has 2 aromatic rings. The first kappa shape index (κ1) is 12.9. The highest BCUT2D eigenvalue weighted by Gasteiger charge is 2.20. The van der Waals surface area contributed by atoms with Crippen LogP contribution in [0.3, 0.4) is 0 Å². The van der Waals surface area contributed by atoms with Crippen LogP contribution in [-0.4, -0.2) is 0 Å². The van der Waals surface area contributed by atoms with E-state index >= 15 is 0 Å². The molecule has 0 aliphatic rings. The number of furan rings is 1. The predicted octanol–water partition coefficient (Wildman–Crippen LogP) is 3.90. The molecule has 1 atom stereocenters. The van der Waals surface area contributed by atoms with E-state index in [1.54, 1.807) is 12.3 Å². The minimum absolute atomic E-state index is 0.283. The number of halogens is 3. The van der Waals surface area contributed by atoms with Crippen LogP contribution in [-0.2, 0) is 0 Å². The summed E-state index contributed by atoms with van der Waals surface area (Å²) in [7, 11) is 0. The molecule has 0 spiro atoms. The summed E-state index contributed by atoms with van der Waals surface area (Å²) in [5.41, 5.74) is 4.35. The fourth-order valence-electron chi connectivity index (χ4n) is 1.60. The second kappa shape index (κ2) is 5.42. The van der Waals surface area contributed by atoms with E-state index < -0.39 is 0 Å². The number of nitrogens with two attached hydrogens (primary N) is 1. The van der Waals surface area contributed by atoms with Crippen LogP contribution in [0.5, 0.6) is 0 Å². The maximum Gasteiger partial charge on any atom is 0.174 e. The van der Waals surface area contributed by atoms with Gasteiger partial charge in [0.15, 0.2) is 4.67 Å². The SMILES string of the molecule is NNC(c1ccoc1Br)c1cccc(Cl)c1Cl. The molecule has 6 heteroatoms. The van der Waals surface area contributed by atoms with Crippen molar-refractivity contribution in [1.29, 1.82) is 0 Å². The number of hydrazine groups is 1. The number of rotatable bonds is 3. The van der Waals surface area contributed by atoms with E-state index in [1.807, 2.05) is 18.2 Å². The Morgan fingerprint density at radius 1 is 1.24 bits per heavy atom. The number of benzene rings is 1. The lowest BCUT2D eigenvalue weighted by Gasteiger charge is -2.17.